The van der Waals surface area contributed by atoms with Crippen LogP contribution in [0.4, 0.5) is 35.0 Å². The van der Waals surface area contributed by atoms with E-state index in [0.717, 1.165) is 6.07 Å². The lowest BCUT2D eigenvalue weighted by atomic mass is 10.3. The van der Waals surface area contributed by atoms with Gasteiger partial charge in [-0.05, 0) is 31.2 Å². The van der Waals surface area contributed by atoms with E-state index in [2.05, 4.69) is 20.6 Å². The molecule has 1 heterocycles. The standard InChI is InChI=1S/C14H14F4N4O/c1-8(7-23)19-13-21-11(14(16,17)18)6-12(22-13)20-10-4-2-9(15)3-5-10/h2-6,8,23H,7H2,1H3,(H2,19,20,21,22)/t8-/m1/s1. The van der Waals surface area contributed by atoms with E-state index >= 15 is 0 Å². The number of rotatable bonds is 5. The predicted octanol–water partition coefficient (Wildman–Crippen LogP) is 3.17. The Labute approximate surface area is 129 Å². The predicted molar refractivity (Wildman–Crippen MR) is 76.9 cm³/mol. The van der Waals surface area contributed by atoms with E-state index in [-0.39, 0.29) is 18.4 Å². The molecule has 0 fully saturated rings. The van der Waals surface area contributed by atoms with Crippen LogP contribution in [0.3, 0.4) is 0 Å². The maximum Gasteiger partial charge on any atom is 0.433 e. The molecule has 0 saturated heterocycles. The van der Waals surface area contributed by atoms with Crippen molar-refractivity contribution < 1.29 is 22.7 Å². The molecule has 2 aromatic rings. The van der Waals surface area contributed by atoms with Crippen LogP contribution in [0.5, 0.6) is 0 Å². The Morgan fingerprint density at radius 3 is 2.39 bits per heavy atom. The molecule has 3 N–H and O–H groups in total. The molecule has 0 unspecified atom stereocenters. The Balaban J connectivity index is 2.33. The smallest absolute Gasteiger partial charge is 0.394 e. The highest BCUT2D eigenvalue weighted by atomic mass is 19.4. The molecule has 0 aliphatic heterocycles. The summed E-state index contributed by atoms with van der Waals surface area (Å²) in [6.07, 6.45) is -4.65. The van der Waals surface area contributed by atoms with Gasteiger partial charge in [-0.15, -0.1) is 0 Å². The van der Waals surface area contributed by atoms with Gasteiger partial charge in [0.2, 0.25) is 5.95 Å². The maximum atomic E-state index is 12.9. The third kappa shape index (κ3) is 4.78. The van der Waals surface area contributed by atoms with Gasteiger partial charge in [0.05, 0.1) is 6.61 Å². The topological polar surface area (TPSA) is 70.1 Å². The molecule has 124 valence electrons. The van der Waals surface area contributed by atoms with Gasteiger partial charge < -0.3 is 15.7 Å². The summed E-state index contributed by atoms with van der Waals surface area (Å²) in [4.78, 5) is 7.30. The zero-order valence-electron chi connectivity index (χ0n) is 12.0. The minimum atomic E-state index is -4.65. The van der Waals surface area contributed by atoms with E-state index in [1.165, 1.54) is 24.3 Å². The molecule has 1 aromatic carbocycles. The fraction of sp³-hybridized carbons (Fsp3) is 0.286. The number of aliphatic hydroxyl groups is 1. The quantitative estimate of drug-likeness (QED) is 0.735. The highest BCUT2D eigenvalue weighted by Crippen LogP contribution is 2.30. The Bertz CT molecular complexity index is 661. The van der Waals surface area contributed by atoms with Gasteiger partial charge in [-0.1, -0.05) is 0 Å². The van der Waals surface area contributed by atoms with Crippen LogP contribution >= 0.6 is 0 Å². The van der Waals surface area contributed by atoms with Crippen LogP contribution in [0, 0.1) is 5.82 Å². The second-order valence-electron chi connectivity index (χ2n) is 4.82. The fourth-order valence-corrected chi connectivity index (χ4v) is 1.67. The van der Waals surface area contributed by atoms with Crippen molar-refractivity contribution >= 4 is 17.5 Å². The minimum Gasteiger partial charge on any atom is -0.394 e. The molecule has 0 spiro atoms. The highest BCUT2D eigenvalue weighted by molar-refractivity contribution is 5.57. The van der Waals surface area contributed by atoms with Gasteiger partial charge in [0, 0.05) is 17.8 Å². The number of nitrogens with zero attached hydrogens (tertiary/aromatic N) is 2. The summed E-state index contributed by atoms with van der Waals surface area (Å²) in [5.74, 6) is -0.842. The molecule has 2 rings (SSSR count). The molecule has 1 atom stereocenters. The van der Waals surface area contributed by atoms with Crippen molar-refractivity contribution in [2.24, 2.45) is 0 Å². The molecule has 0 aliphatic carbocycles. The summed E-state index contributed by atoms with van der Waals surface area (Å²) in [6, 6.07) is 5.31. The molecule has 23 heavy (non-hydrogen) atoms. The number of alkyl halides is 3. The summed E-state index contributed by atoms with van der Waals surface area (Å²) in [7, 11) is 0. The SMILES string of the molecule is C[C@H](CO)Nc1nc(Nc2ccc(F)cc2)cc(C(F)(F)F)n1. The zero-order chi connectivity index (χ0) is 17.0. The maximum absolute atomic E-state index is 12.9. The average Bonchev–Trinajstić information content (AvgIpc) is 2.48. The summed E-state index contributed by atoms with van der Waals surface area (Å²) >= 11 is 0. The number of anilines is 3. The van der Waals surface area contributed by atoms with Crippen LogP contribution in [-0.4, -0.2) is 27.7 Å². The van der Waals surface area contributed by atoms with Gasteiger partial charge in [-0.3, -0.25) is 0 Å². The number of hydrogen-bond acceptors (Lipinski definition) is 5. The first-order valence-corrected chi connectivity index (χ1v) is 6.64. The Morgan fingerprint density at radius 1 is 1.17 bits per heavy atom. The summed E-state index contributed by atoms with van der Waals surface area (Å²) in [5.41, 5.74) is -0.760. The Morgan fingerprint density at radius 2 is 1.83 bits per heavy atom. The van der Waals surface area contributed by atoms with Gasteiger partial charge in [-0.2, -0.15) is 18.2 Å². The van der Waals surface area contributed by atoms with E-state index < -0.39 is 23.7 Å². The van der Waals surface area contributed by atoms with Crippen molar-refractivity contribution in [1.82, 2.24) is 9.97 Å². The number of halogens is 4. The summed E-state index contributed by atoms with van der Waals surface area (Å²) in [5, 5.41) is 14.2. The van der Waals surface area contributed by atoms with Crippen LogP contribution in [0.1, 0.15) is 12.6 Å². The minimum absolute atomic E-state index is 0.105. The van der Waals surface area contributed by atoms with E-state index in [1.54, 1.807) is 6.92 Å². The van der Waals surface area contributed by atoms with Crippen molar-refractivity contribution in [3.05, 3.63) is 41.8 Å². The van der Waals surface area contributed by atoms with Gasteiger partial charge in [0.25, 0.3) is 0 Å². The number of aromatic nitrogens is 2. The van der Waals surface area contributed by atoms with E-state index in [0.29, 0.717) is 5.69 Å². The summed E-state index contributed by atoms with van der Waals surface area (Å²) in [6.45, 7) is 1.27. The molecule has 0 radical (unpaired) electrons. The van der Waals surface area contributed by atoms with Gasteiger partial charge >= 0.3 is 6.18 Å². The monoisotopic (exact) mass is 330 g/mol. The van der Waals surface area contributed by atoms with Crippen molar-refractivity contribution in [3.8, 4) is 0 Å². The molecule has 0 saturated carbocycles. The Hall–Kier alpha value is -2.42. The third-order valence-corrected chi connectivity index (χ3v) is 2.78. The molecule has 5 nitrogen and oxygen atoms in total. The van der Waals surface area contributed by atoms with E-state index in [4.69, 9.17) is 5.11 Å². The van der Waals surface area contributed by atoms with Crippen LogP contribution < -0.4 is 10.6 Å². The van der Waals surface area contributed by atoms with Gasteiger partial charge in [0.1, 0.15) is 11.6 Å². The number of nitrogens with one attached hydrogen (secondary N) is 2. The first-order chi connectivity index (χ1) is 10.8. The van der Waals surface area contributed by atoms with Crippen molar-refractivity contribution in [1.29, 1.82) is 0 Å². The van der Waals surface area contributed by atoms with Crippen molar-refractivity contribution in [2.45, 2.75) is 19.1 Å². The molecule has 0 bridgehead atoms. The number of benzene rings is 1. The normalized spacial score (nSPS) is 12.8. The van der Waals surface area contributed by atoms with Crippen LogP contribution in [0.2, 0.25) is 0 Å². The number of aliphatic hydroxyl groups excluding tert-OH is 1. The Kier molecular flexibility index (Phi) is 4.99. The second kappa shape index (κ2) is 6.78. The van der Waals surface area contributed by atoms with Crippen molar-refractivity contribution in [3.63, 3.8) is 0 Å². The van der Waals surface area contributed by atoms with Crippen LogP contribution in [-0.2, 0) is 6.18 Å². The fourth-order valence-electron chi connectivity index (χ4n) is 1.67. The first-order valence-electron chi connectivity index (χ1n) is 6.64. The molecule has 0 amide bonds. The highest BCUT2D eigenvalue weighted by Gasteiger charge is 2.33. The van der Waals surface area contributed by atoms with Gasteiger partial charge in [0.15, 0.2) is 5.69 Å². The molecule has 9 heteroatoms. The molecule has 1 aromatic heterocycles. The molecular formula is C14H14F4N4O. The number of hydrogen-bond donors (Lipinski definition) is 3. The van der Waals surface area contributed by atoms with Crippen LogP contribution in [0.25, 0.3) is 0 Å². The summed E-state index contributed by atoms with van der Waals surface area (Å²) < 4.78 is 51.6. The van der Waals surface area contributed by atoms with E-state index in [9.17, 15) is 17.6 Å². The zero-order valence-corrected chi connectivity index (χ0v) is 12.0. The first kappa shape index (κ1) is 16.9. The van der Waals surface area contributed by atoms with Gasteiger partial charge in [-0.25, -0.2) is 9.37 Å². The lowest BCUT2D eigenvalue weighted by Crippen LogP contribution is -2.22. The van der Waals surface area contributed by atoms with Crippen molar-refractivity contribution in [2.75, 3.05) is 17.2 Å². The average molecular weight is 330 g/mol. The molecule has 0 aliphatic rings. The largest absolute Gasteiger partial charge is 0.433 e. The molecular weight excluding hydrogens is 316 g/mol. The third-order valence-electron chi connectivity index (χ3n) is 2.78. The lowest BCUT2D eigenvalue weighted by molar-refractivity contribution is -0.141. The van der Waals surface area contributed by atoms with E-state index in [1.807, 2.05) is 0 Å². The van der Waals surface area contributed by atoms with Crippen LogP contribution in [0.15, 0.2) is 30.3 Å². The second-order valence-corrected chi connectivity index (χ2v) is 4.82. The lowest BCUT2D eigenvalue weighted by Gasteiger charge is -2.15.